The van der Waals surface area contributed by atoms with E-state index in [1.165, 1.54) is 0 Å². The first kappa shape index (κ1) is 20.4. The van der Waals surface area contributed by atoms with E-state index in [2.05, 4.69) is 10.3 Å². The Balaban J connectivity index is 1.47. The van der Waals surface area contributed by atoms with Crippen molar-refractivity contribution >= 4 is 16.9 Å². The highest BCUT2D eigenvalue weighted by molar-refractivity contribution is 5.84. The number of carbonyl (C=O) groups excluding carboxylic acids is 1. The van der Waals surface area contributed by atoms with Crippen LogP contribution in [0.25, 0.3) is 22.4 Å². The average Bonchev–Trinajstić information content (AvgIpc) is 3.18. The van der Waals surface area contributed by atoms with Crippen LogP contribution in [0.4, 0.5) is 0 Å². The monoisotopic (exact) mass is 416 g/mol. The molecule has 0 unspecified atom stereocenters. The van der Waals surface area contributed by atoms with Crippen LogP contribution in [-0.4, -0.2) is 41.2 Å². The zero-order chi connectivity index (χ0) is 21.6. The second kappa shape index (κ2) is 9.30. The number of aromatic nitrogens is 3. The van der Waals surface area contributed by atoms with E-state index in [4.69, 9.17) is 14.5 Å². The summed E-state index contributed by atoms with van der Waals surface area (Å²) in [5.41, 5.74) is 3.75. The SMILES string of the molecule is COc1ccc(CCNC(=O)Cn2c(-c3ccncc3)nc3ccccc32)cc1OC. The molecule has 7 nitrogen and oxygen atoms in total. The average molecular weight is 416 g/mol. The number of fused-ring (bicyclic) bond motifs is 1. The minimum absolute atomic E-state index is 0.0704. The number of carbonyl (C=O) groups is 1. The van der Waals surface area contributed by atoms with Crippen LogP contribution < -0.4 is 14.8 Å². The molecule has 0 aliphatic rings. The van der Waals surface area contributed by atoms with E-state index in [9.17, 15) is 4.79 Å². The van der Waals surface area contributed by atoms with Crippen molar-refractivity contribution in [2.45, 2.75) is 13.0 Å². The van der Waals surface area contributed by atoms with Crippen molar-refractivity contribution in [3.63, 3.8) is 0 Å². The predicted octanol–water partition coefficient (Wildman–Crippen LogP) is 3.47. The number of para-hydroxylation sites is 2. The molecular weight excluding hydrogens is 392 g/mol. The molecule has 158 valence electrons. The van der Waals surface area contributed by atoms with Gasteiger partial charge in [0.1, 0.15) is 12.4 Å². The van der Waals surface area contributed by atoms with Crippen molar-refractivity contribution in [3.8, 4) is 22.9 Å². The number of rotatable bonds is 8. The van der Waals surface area contributed by atoms with E-state index in [0.717, 1.165) is 28.0 Å². The Kier molecular flexibility index (Phi) is 6.12. The first-order valence-corrected chi connectivity index (χ1v) is 10.0. The smallest absolute Gasteiger partial charge is 0.240 e. The Morgan fingerprint density at radius 3 is 2.55 bits per heavy atom. The molecule has 7 heteroatoms. The Bertz CT molecular complexity index is 1190. The third-order valence-electron chi connectivity index (χ3n) is 5.08. The van der Waals surface area contributed by atoms with E-state index < -0.39 is 0 Å². The highest BCUT2D eigenvalue weighted by Crippen LogP contribution is 2.27. The standard InChI is InChI=1S/C24H24N4O3/c1-30-21-8-7-17(15-22(21)31-2)9-14-26-23(29)16-28-20-6-4-3-5-19(20)27-24(28)18-10-12-25-13-11-18/h3-8,10-13,15H,9,14,16H2,1-2H3,(H,26,29). The number of hydrogen-bond acceptors (Lipinski definition) is 5. The van der Waals surface area contributed by atoms with Gasteiger partial charge in [-0.2, -0.15) is 0 Å². The van der Waals surface area contributed by atoms with Crippen LogP contribution >= 0.6 is 0 Å². The van der Waals surface area contributed by atoms with Gasteiger partial charge in [0.25, 0.3) is 0 Å². The van der Waals surface area contributed by atoms with Crippen LogP contribution in [0, 0.1) is 0 Å². The summed E-state index contributed by atoms with van der Waals surface area (Å²) in [6.45, 7) is 0.704. The number of pyridine rings is 1. The zero-order valence-electron chi connectivity index (χ0n) is 17.5. The van der Waals surface area contributed by atoms with Gasteiger partial charge < -0.3 is 19.4 Å². The molecule has 2 aromatic carbocycles. The summed E-state index contributed by atoms with van der Waals surface area (Å²) in [6.07, 6.45) is 4.14. The number of nitrogens with one attached hydrogen (secondary N) is 1. The molecule has 2 heterocycles. The Labute approximate surface area is 180 Å². The molecule has 31 heavy (non-hydrogen) atoms. The molecule has 1 N–H and O–H groups in total. The molecule has 0 fully saturated rings. The van der Waals surface area contributed by atoms with Crippen molar-refractivity contribution in [3.05, 3.63) is 72.6 Å². The van der Waals surface area contributed by atoms with Crippen molar-refractivity contribution < 1.29 is 14.3 Å². The molecule has 0 aliphatic carbocycles. The third kappa shape index (κ3) is 4.50. The van der Waals surface area contributed by atoms with E-state index in [1.54, 1.807) is 26.6 Å². The zero-order valence-corrected chi connectivity index (χ0v) is 17.5. The van der Waals surface area contributed by atoms with Gasteiger partial charge in [-0.3, -0.25) is 9.78 Å². The summed E-state index contributed by atoms with van der Waals surface area (Å²) in [5, 5.41) is 3.01. The molecule has 0 spiro atoms. The normalized spacial score (nSPS) is 10.8. The lowest BCUT2D eigenvalue weighted by atomic mass is 10.1. The molecule has 2 aromatic heterocycles. The minimum atomic E-state index is -0.0704. The number of imidazole rings is 1. The molecule has 1 amide bonds. The van der Waals surface area contributed by atoms with Crippen LogP contribution in [0.1, 0.15) is 5.56 Å². The first-order valence-electron chi connectivity index (χ1n) is 10.0. The highest BCUT2D eigenvalue weighted by Gasteiger charge is 2.15. The summed E-state index contributed by atoms with van der Waals surface area (Å²) < 4.78 is 12.6. The van der Waals surface area contributed by atoms with Gasteiger partial charge in [0.05, 0.1) is 25.3 Å². The number of nitrogens with zero attached hydrogens (tertiary/aromatic N) is 3. The van der Waals surface area contributed by atoms with Gasteiger partial charge in [0.2, 0.25) is 5.91 Å². The van der Waals surface area contributed by atoms with Crippen molar-refractivity contribution in [2.24, 2.45) is 0 Å². The summed E-state index contributed by atoms with van der Waals surface area (Å²) in [5.74, 6) is 2.04. The number of ether oxygens (including phenoxy) is 2. The van der Waals surface area contributed by atoms with Gasteiger partial charge in [-0.05, 0) is 48.4 Å². The van der Waals surface area contributed by atoms with Crippen LogP contribution in [0.15, 0.2) is 67.0 Å². The Morgan fingerprint density at radius 1 is 1.00 bits per heavy atom. The molecule has 0 atom stereocenters. The largest absolute Gasteiger partial charge is 0.493 e. The second-order valence-corrected chi connectivity index (χ2v) is 7.04. The highest BCUT2D eigenvalue weighted by atomic mass is 16.5. The number of amides is 1. The maximum Gasteiger partial charge on any atom is 0.240 e. The Morgan fingerprint density at radius 2 is 1.77 bits per heavy atom. The van der Waals surface area contributed by atoms with Crippen molar-refractivity contribution in [2.75, 3.05) is 20.8 Å². The fraction of sp³-hybridized carbons (Fsp3) is 0.208. The van der Waals surface area contributed by atoms with Gasteiger partial charge in [0, 0.05) is 24.5 Å². The summed E-state index contributed by atoms with van der Waals surface area (Å²) in [4.78, 5) is 21.5. The molecular formula is C24H24N4O3. The summed E-state index contributed by atoms with van der Waals surface area (Å²) in [7, 11) is 3.22. The lowest BCUT2D eigenvalue weighted by molar-refractivity contribution is -0.121. The molecule has 4 aromatic rings. The van der Waals surface area contributed by atoms with Crippen molar-refractivity contribution in [1.82, 2.24) is 19.9 Å². The second-order valence-electron chi connectivity index (χ2n) is 7.04. The van der Waals surface area contributed by atoms with Gasteiger partial charge in [0.15, 0.2) is 11.5 Å². The van der Waals surface area contributed by atoms with E-state index >= 15 is 0 Å². The molecule has 0 radical (unpaired) electrons. The third-order valence-corrected chi connectivity index (χ3v) is 5.08. The topological polar surface area (TPSA) is 78.3 Å². The number of hydrogen-bond donors (Lipinski definition) is 1. The van der Waals surface area contributed by atoms with Gasteiger partial charge in [-0.25, -0.2) is 4.98 Å². The van der Waals surface area contributed by atoms with Gasteiger partial charge in [-0.1, -0.05) is 18.2 Å². The predicted molar refractivity (Wildman–Crippen MR) is 119 cm³/mol. The van der Waals surface area contributed by atoms with Gasteiger partial charge in [-0.15, -0.1) is 0 Å². The summed E-state index contributed by atoms with van der Waals surface area (Å²) >= 11 is 0. The maximum atomic E-state index is 12.7. The van der Waals surface area contributed by atoms with Crippen LogP contribution in [0.5, 0.6) is 11.5 Å². The van der Waals surface area contributed by atoms with Crippen LogP contribution in [0.2, 0.25) is 0 Å². The van der Waals surface area contributed by atoms with E-state index in [-0.39, 0.29) is 12.5 Å². The fourth-order valence-corrected chi connectivity index (χ4v) is 3.54. The number of benzene rings is 2. The number of methoxy groups -OCH3 is 2. The maximum absolute atomic E-state index is 12.7. The van der Waals surface area contributed by atoms with Gasteiger partial charge >= 0.3 is 0 Å². The van der Waals surface area contributed by atoms with Crippen LogP contribution in [0.3, 0.4) is 0 Å². The van der Waals surface area contributed by atoms with Crippen LogP contribution in [-0.2, 0) is 17.8 Å². The minimum Gasteiger partial charge on any atom is -0.493 e. The van der Waals surface area contributed by atoms with Crippen molar-refractivity contribution in [1.29, 1.82) is 0 Å². The van der Waals surface area contributed by atoms with E-state index in [1.807, 2.05) is 59.2 Å². The molecule has 0 saturated carbocycles. The fourth-order valence-electron chi connectivity index (χ4n) is 3.54. The lowest BCUT2D eigenvalue weighted by Gasteiger charge is -2.11. The Hall–Kier alpha value is -3.87. The molecule has 0 saturated heterocycles. The quantitative estimate of drug-likeness (QED) is 0.476. The first-order chi connectivity index (χ1) is 15.2. The molecule has 4 rings (SSSR count). The summed E-state index contributed by atoms with van der Waals surface area (Å²) in [6, 6.07) is 17.4. The lowest BCUT2D eigenvalue weighted by Crippen LogP contribution is -2.29. The van der Waals surface area contributed by atoms with E-state index in [0.29, 0.717) is 24.5 Å². The molecule has 0 aliphatic heterocycles. The molecule has 0 bridgehead atoms.